The number of amides is 1. The molecule has 0 fully saturated rings. The molecule has 0 heterocycles. The first-order valence-electron chi connectivity index (χ1n) is 5.77. The average molecular weight is 286 g/mol. The maximum Gasteiger partial charge on any atom is 0.250 e. The predicted molar refractivity (Wildman–Crippen MR) is 73.0 cm³/mol. The van der Waals surface area contributed by atoms with Crippen LogP contribution in [0.25, 0.3) is 0 Å². The zero-order chi connectivity index (χ0) is 14.5. The lowest BCUT2D eigenvalue weighted by Crippen LogP contribution is -2.20. The Balaban J connectivity index is 2.55. The van der Waals surface area contributed by atoms with E-state index >= 15 is 0 Å². The zero-order valence-corrected chi connectivity index (χ0v) is 11.7. The van der Waals surface area contributed by atoms with Crippen molar-refractivity contribution in [3.05, 3.63) is 29.8 Å². The summed E-state index contributed by atoms with van der Waals surface area (Å²) >= 11 is 0. The second-order valence-electron chi connectivity index (χ2n) is 4.41. The largest absolute Gasteiger partial charge is 0.369 e. The molecule has 0 saturated heterocycles. The number of ether oxygens (including phenoxy) is 1. The van der Waals surface area contributed by atoms with Crippen molar-refractivity contribution in [3.63, 3.8) is 0 Å². The highest BCUT2D eigenvalue weighted by Crippen LogP contribution is 2.11. The fraction of sp³-hybridized carbons (Fsp3) is 0.417. The van der Waals surface area contributed by atoms with Gasteiger partial charge in [0, 0.05) is 5.69 Å². The Kier molecular flexibility index (Phi) is 5.46. The molecule has 0 aliphatic rings. The van der Waals surface area contributed by atoms with E-state index in [0.29, 0.717) is 11.3 Å². The van der Waals surface area contributed by atoms with Crippen LogP contribution in [0.3, 0.4) is 0 Å². The van der Waals surface area contributed by atoms with Gasteiger partial charge < -0.3 is 10.1 Å². The highest BCUT2D eigenvalue weighted by molar-refractivity contribution is 7.88. The second kappa shape index (κ2) is 6.65. The summed E-state index contributed by atoms with van der Waals surface area (Å²) in [6.45, 7) is 3.67. The molecule has 0 aliphatic carbocycles. The van der Waals surface area contributed by atoms with Gasteiger partial charge in [-0.2, -0.15) is 0 Å². The van der Waals surface area contributed by atoms with Crippen molar-refractivity contribution < 1.29 is 17.9 Å². The van der Waals surface area contributed by atoms with Crippen molar-refractivity contribution in [2.45, 2.75) is 25.7 Å². The van der Waals surface area contributed by atoms with Gasteiger partial charge in [0.05, 0.1) is 11.9 Å². The number of carbonyl (C=O) groups excluding carboxylic acids is 1. The van der Waals surface area contributed by atoms with Crippen LogP contribution in [0.1, 0.15) is 19.4 Å². The SMILES string of the molecule is CC(C)OCC(=O)Nc1ccc(CS(N)(=O)=O)cc1. The van der Waals surface area contributed by atoms with Gasteiger partial charge in [-0.3, -0.25) is 4.79 Å². The molecular weight excluding hydrogens is 268 g/mol. The summed E-state index contributed by atoms with van der Waals surface area (Å²) in [7, 11) is -3.54. The van der Waals surface area contributed by atoms with Crippen LogP contribution in [0.4, 0.5) is 5.69 Å². The Labute approximate surface area is 113 Å². The van der Waals surface area contributed by atoms with Gasteiger partial charge in [0.15, 0.2) is 0 Å². The van der Waals surface area contributed by atoms with Gasteiger partial charge in [0.1, 0.15) is 6.61 Å². The first kappa shape index (κ1) is 15.6. The monoisotopic (exact) mass is 286 g/mol. The number of sulfonamides is 1. The van der Waals surface area contributed by atoms with E-state index in [1.165, 1.54) is 0 Å². The van der Waals surface area contributed by atoms with Crippen molar-refractivity contribution in [1.29, 1.82) is 0 Å². The summed E-state index contributed by atoms with van der Waals surface area (Å²) in [6.07, 6.45) is -0.0112. The van der Waals surface area contributed by atoms with Crippen LogP contribution in [-0.2, 0) is 25.3 Å². The van der Waals surface area contributed by atoms with Crippen LogP contribution in [0.2, 0.25) is 0 Å². The molecule has 0 atom stereocenters. The van der Waals surface area contributed by atoms with Gasteiger partial charge in [-0.25, -0.2) is 13.6 Å². The predicted octanol–water partition coefficient (Wildman–Crippen LogP) is 0.839. The highest BCUT2D eigenvalue weighted by Gasteiger charge is 2.06. The molecule has 6 nitrogen and oxygen atoms in total. The summed E-state index contributed by atoms with van der Waals surface area (Å²) in [5.41, 5.74) is 1.15. The van der Waals surface area contributed by atoms with E-state index < -0.39 is 10.0 Å². The second-order valence-corrected chi connectivity index (χ2v) is 6.03. The van der Waals surface area contributed by atoms with E-state index in [4.69, 9.17) is 9.88 Å². The Bertz CT molecular complexity index is 523. The first-order valence-corrected chi connectivity index (χ1v) is 7.48. The summed E-state index contributed by atoms with van der Waals surface area (Å²) in [4.78, 5) is 11.5. The first-order chi connectivity index (χ1) is 8.76. The van der Waals surface area contributed by atoms with E-state index in [2.05, 4.69) is 5.32 Å². The van der Waals surface area contributed by atoms with E-state index in [1.807, 2.05) is 13.8 Å². The molecule has 0 aliphatic heterocycles. The molecule has 1 amide bonds. The van der Waals surface area contributed by atoms with Gasteiger partial charge in [0.2, 0.25) is 15.9 Å². The maximum atomic E-state index is 11.5. The number of carbonyl (C=O) groups is 1. The number of nitrogens with one attached hydrogen (secondary N) is 1. The van der Waals surface area contributed by atoms with Gasteiger partial charge in [-0.15, -0.1) is 0 Å². The van der Waals surface area contributed by atoms with Crippen LogP contribution in [0, 0.1) is 0 Å². The molecule has 106 valence electrons. The smallest absolute Gasteiger partial charge is 0.250 e. The lowest BCUT2D eigenvalue weighted by molar-refractivity contribution is -0.121. The number of primary sulfonamides is 1. The van der Waals surface area contributed by atoms with Crippen LogP contribution >= 0.6 is 0 Å². The molecular formula is C12H18N2O4S. The maximum absolute atomic E-state index is 11.5. The summed E-state index contributed by atoms with van der Waals surface area (Å²) < 4.78 is 27.0. The van der Waals surface area contributed by atoms with Gasteiger partial charge in [-0.05, 0) is 31.5 Å². The zero-order valence-electron chi connectivity index (χ0n) is 10.9. The molecule has 0 saturated carbocycles. The molecule has 0 bridgehead atoms. The van der Waals surface area contributed by atoms with Crippen molar-refractivity contribution in [2.75, 3.05) is 11.9 Å². The van der Waals surface area contributed by atoms with E-state index in [0.717, 1.165) is 0 Å². The molecule has 1 aromatic rings. The quantitative estimate of drug-likeness (QED) is 0.809. The lowest BCUT2D eigenvalue weighted by atomic mass is 10.2. The molecule has 3 N–H and O–H groups in total. The van der Waals surface area contributed by atoms with Crippen molar-refractivity contribution >= 4 is 21.6 Å². The minimum atomic E-state index is -3.54. The Morgan fingerprint density at radius 1 is 1.32 bits per heavy atom. The minimum Gasteiger partial charge on any atom is -0.369 e. The number of hydrogen-bond donors (Lipinski definition) is 2. The number of hydrogen-bond acceptors (Lipinski definition) is 4. The average Bonchev–Trinajstić information content (AvgIpc) is 2.27. The molecule has 19 heavy (non-hydrogen) atoms. The van der Waals surface area contributed by atoms with E-state index in [9.17, 15) is 13.2 Å². The highest BCUT2D eigenvalue weighted by atomic mass is 32.2. The summed E-state index contributed by atoms with van der Waals surface area (Å²) in [5.74, 6) is -0.481. The molecule has 0 aromatic heterocycles. The minimum absolute atomic E-state index is 0.0112. The third-order valence-electron chi connectivity index (χ3n) is 2.15. The molecule has 0 spiro atoms. The fourth-order valence-corrected chi connectivity index (χ4v) is 2.01. The molecule has 1 rings (SSSR count). The molecule has 0 unspecified atom stereocenters. The Morgan fingerprint density at radius 3 is 2.37 bits per heavy atom. The third kappa shape index (κ3) is 6.90. The number of nitrogens with two attached hydrogens (primary N) is 1. The Morgan fingerprint density at radius 2 is 1.89 bits per heavy atom. The van der Waals surface area contributed by atoms with Crippen LogP contribution in [0.15, 0.2) is 24.3 Å². The number of benzene rings is 1. The summed E-state index contributed by atoms with van der Waals surface area (Å²) in [6, 6.07) is 6.44. The van der Waals surface area contributed by atoms with E-state index in [-0.39, 0.29) is 24.4 Å². The molecule has 0 radical (unpaired) electrons. The number of anilines is 1. The lowest BCUT2D eigenvalue weighted by Gasteiger charge is -2.08. The normalized spacial score (nSPS) is 11.6. The van der Waals surface area contributed by atoms with Crippen molar-refractivity contribution in [3.8, 4) is 0 Å². The van der Waals surface area contributed by atoms with E-state index in [1.54, 1.807) is 24.3 Å². The topological polar surface area (TPSA) is 98.5 Å². The third-order valence-corrected chi connectivity index (χ3v) is 2.89. The van der Waals surface area contributed by atoms with Crippen LogP contribution in [0.5, 0.6) is 0 Å². The fourth-order valence-electron chi connectivity index (χ4n) is 1.36. The van der Waals surface area contributed by atoms with Gasteiger partial charge in [-0.1, -0.05) is 12.1 Å². The van der Waals surface area contributed by atoms with Crippen LogP contribution < -0.4 is 10.5 Å². The molecule has 1 aromatic carbocycles. The van der Waals surface area contributed by atoms with Gasteiger partial charge in [0.25, 0.3) is 0 Å². The standard InChI is InChI=1S/C12H18N2O4S/c1-9(2)18-7-12(15)14-11-5-3-10(4-6-11)8-19(13,16)17/h3-6,9H,7-8H2,1-2H3,(H,14,15)(H2,13,16,17). The van der Waals surface area contributed by atoms with Crippen LogP contribution in [-0.4, -0.2) is 27.0 Å². The van der Waals surface area contributed by atoms with Crippen molar-refractivity contribution in [1.82, 2.24) is 0 Å². The van der Waals surface area contributed by atoms with Crippen molar-refractivity contribution in [2.24, 2.45) is 5.14 Å². The van der Waals surface area contributed by atoms with Gasteiger partial charge >= 0.3 is 0 Å². The number of rotatable bonds is 6. The molecule has 7 heteroatoms. The summed E-state index contributed by atoms with van der Waals surface area (Å²) in [5, 5.41) is 7.58. The Hall–Kier alpha value is -1.44.